The van der Waals surface area contributed by atoms with Crippen LogP contribution in [0.15, 0.2) is 46.3 Å². The first-order chi connectivity index (χ1) is 17.6. The summed E-state index contributed by atoms with van der Waals surface area (Å²) in [4.78, 5) is 26.2. The molecule has 2 bridgehead atoms. The third-order valence-corrected chi connectivity index (χ3v) is 7.35. The van der Waals surface area contributed by atoms with E-state index in [0.29, 0.717) is 24.3 Å². The fourth-order valence-corrected chi connectivity index (χ4v) is 5.92. The van der Waals surface area contributed by atoms with Crippen LogP contribution in [-0.2, 0) is 13.1 Å². The highest BCUT2D eigenvalue weighted by atomic mass is 32.1. The Kier molecular flexibility index (Phi) is 7.10. The summed E-state index contributed by atoms with van der Waals surface area (Å²) in [7, 11) is 1.69. The number of amides is 1. The molecule has 2 aliphatic rings. The molecule has 2 aromatic heterocycles. The summed E-state index contributed by atoms with van der Waals surface area (Å²) in [6.45, 7) is 6.19. The Morgan fingerprint density at radius 1 is 1.31 bits per heavy atom. The van der Waals surface area contributed by atoms with Gasteiger partial charge in [-0.1, -0.05) is 6.07 Å². The fourth-order valence-electron chi connectivity index (χ4n) is 5.37. The summed E-state index contributed by atoms with van der Waals surface area (Å²) in [5.41, 5.74) is 5.98. The largest absolute Gasteiger partial charge is 0.493 e. The zero-order valence-electron chi connectivity index (χ0n) is 20.4. The Morgan fingerprint density at radius 3 is 3.03 bits per heavy atom. The number of ether oxygens (including phenoxy) is 1. The molecular formula is C25H30N7O3S+. The summed E-state index contributed by atoms with van der Waals surface area (Å²) in [6.07, 6.45) is 2.76. The standard InChI is InChI=1S/C25H29N7O3S/c1-3-35-21-8-7-16(11-27-28-25(34)23-24(26-2)30-36-29-23)9-19(21)15-31-12-17-10-18(14-31)20-5-4-6-22(33)32(20)13-17/h4-9,11,17-18H,3,10,12-15H2,1-2H3,(H,26,30)(H,28,34)/p+1. The molecule has 3 unspecified atom stereocenters. The van der Waals surface area contributed by atoms with E-state index in [0.717, 1.165) is 66.9 Å². The van der Waals surface area contributed by atoms with Gasteiger partial charge < -0.3 is 19.5 Å². The van der Waals surface area contributed by atoms with Gasteiger partial charge in [-0.25, -0.2) is 5.43 Å². The third kappa shape index (κ3) is 5.02. The number of quaternary nitrogens is 1. The van der Waals surface area contributed by atoms with Crippen LogP contribution in [0, 0.1) is 5.92 Å². The molecule has 1 saturated heterocycles. The molecule has 0 spiro atoms. The van der Waals surface area contributed by atoms with Crippen molar-refractivity contribution in [3.8, 4) is 5.75 Å². The van der Waals surface area contributed by atoms with Gasteiger partial charge in [0.25, 0.3) is 11.5 Å². The van der Waals surface area contributed by atoms with Gasteiger partial charge in [-0.2, -0.15) is 13.8 Å². The first-order valence-corrected chi connectivity index (χ1v) is 12.9. The van der Waals surface area contributed by atoms with E-state index in [9.17, 15) is 9.59 Å². The second kappa shape index (κ2) is 10.6. The van der Waals surface area contributed by atoms with Gasteiger partial charge in [-0.15, -0.1) is 0 Å². The van der Waals surface area contributed by atoms with Crippen molar-refractivity contribution >= 4 is 29.7 Å². The highest BCUT2D eigenvalue weighted by molar-refractivity contribution is 6.99. The molecule has 0 radical (unpaired) electrons. The number of hydrazone groups is 1. The number of nitrogens with zero attached hydrogens (tertiary/aromatic N) is 4. The average Bonchev–Trinajstić information content (AvgIpc) is 3.35. The van der Waals surface area contributed by atoms with Crippen molar-refractivity contribution in [3.05, 3.63) is 69.3 Å². The zero-order chi connectivity index (χ0) is 25.1. The molecule has 3 N–H and O–H groups in total. The van der Waals surface area contributed by atoms with E-state index in [1.165, 1.54) is 4.90 Å². The summed E-state index contributed by atoms with van der Waals surface area (Å²) in [6, 6.07) is 11.6. The summed E-state index contributed by atoms with van der Waals surface area (Å²) >= 11 is 0.968. The number of aromatic nitrogens is 3. The lowest BCUT2D eigenvalue weighted by atomic mass is 9.83. The van der Waals surface area contributed by atoms with Crippen LogP contribution in [0.1, 0.15) is 46.6 Å². The van der Waals surface area contributed by atoms with E-state index in [1.54, 1.807) is 19.3 Å². The van der Waals surface area contributed by atoms with Crippen molar-refractivity contribution in [3.63, 3.8) is 0 Å². The number of carbonyl (C=O) groups excluding carboxylic acids is 1. The normalized spacial score (nSPS) is 20.7. The number of benzene rings is 1. The summed E-state index contributed by atoms with van der Waals surface area (Å²) < 4.78 is 15.9. The van der Waals surface area contributed by atoms with Crippen molar-refractivity contribution in [2.75, 3.05) is 32.1 Å². The van der Waals surface area contributed by atoms with Gasteiger partial charge in [-0.05, 0) is 43.2 Å². The Labute approximate surface area is 213 Å². The van der Waals surface area contributed by atoms with E-state index in [1.807, 2.05) is 29.7 Å². The lowest BCUT2D eigenvalue weighted by Gasteiger charge is -2.40. The summed E-state index contributed by atoms with van der Waals surface area (Å²) in [5, 5.41) is 6.96. The number of anilines is 1. The number of likely N-dealkylation sites (tertiary alicyclic amines) is 1. The molecule has 4 heterocycles. The molecule has 2 aliphatic heterocycles. The number of rotatable bonds is 8. The molecule has 1 fully saturated rings. The fraction of sp³-hybridized carbons (Fsp3) is 0.400. The average molecular weight is 509 g/mol. The monoisotopic (exact) mass is 508 g/mol. The van der Waals surface area contributed by atoms with E-state index < -0.39 is 5.91 Å². The Hall–Kier alpha value is -3.57. The lowest BCUT2D eigenvalue weighted by molar-refractivity contribution is -0.924. The molecule has 1 aromatic carbocycles. The van der Waals surface area contributed by atoms with Crippen LogP contribution in [0.4, 0.5) is 5.82 Å². The van der Waals surface area contributed by atoms with Crippen LogP contribution in [0.5, 0.6) is 5.75 Å². The maximum absolute atomic E-state index is 12.3. The molecule has 0 aliphatic carbocycles. The van der Waals surface area contributed by atoms with Crippen LogP contribution in [0.25, 0.3) is 0 Å². The van der Waals surface area contributed by atoms with E-state index in [2.05, 4.69) is 36.7 Å². The second-order valence-electron chi connectivity index (χ2n) is 9.24. The SMILES string of the molecule is CCOc1ccc(C=NNC(=O)c2nsnc2NC)cc1C[NH+]1CC2CC(C1)c1cccc(=O)n1C2. The zero-order valence-corrected chi connectivity index (χ0v) is 21.2. The molecule has 188 valence electrons. The molecule has 10 nitrogen and oxygen atoms in total. The van der Waals surface area contributed by atoms with Gasteiger partial charge in [0.1, 0.15) is 12.3 Å². The first kappa shape index (κ1) is 24.1. The minimum atomic E-state index is -0.417. The van der Waals surface area contributed by atoms with Crippen LogP contribution in [-0.4, -0.2) is 52.2 Å². The number of hydrogen-bond donors (Lipinski definition) is 3. The Morgan fingerprint density at radius 2 is 2.19 bits per heavy atom. The maximum Gasteiger partial charge on any atom is 0.294 e. The van der Waals surface area contributed by atoms with Crippen molar-refractivity contribution in [1.82, 2.24) is 18.7 Å². The Balaban J connectivity index is 1.30. The molecule has 11 heteroatoms. The molecule has 3 atom stereocenters. The molecule has 3 aromatic rings. The van der Waals surface area contributed by atoms with E-state index in [-0.39, 0.29) is 11.3 Å². The molecular weight excluding hydrogens is 478 g/mol. The highest BCUT2D eigenvalue weighted by Gasteiger charge is 2.37. The quantitative estimate of drug-likeness (QED) is 0.310. The molecule has 1 amide bonds. The topological polar surface area (TPSA) is 115 Å². The maximum atomic E-state index is 12.3. The number of piperidine rings is 1. The van der Waals surface area contributed by atoms with Crippen molar-refractivity contribution < 1.29 is 14.4 Å². The van der Waals surface area contributed by atoms with Crippen LogP contribution < -0.4 is 25.9 Å². The number of carbonyl (C=O) groups is 1. The first-order valence-electron chi connectivity index (χ1n) is 12.2. The van der Waals surface area contributed by atoms with Crippen LogP contribution >= 0.6 is 11.7 Å². The summed E-state index contributed by atoms with van der Waals surface area (Å²) in [5.74, 6) is 1.76. The van der Waals surface area contributed by atoms with Gasteiger partial charge in [0.15, 0.2) is 11.5 Å². The predicted molar refractivity (Wildman–Crippen MR) is 138 cm³/mol. The minimum absolute atomic E-state index is 0.108. The number of fused-ring (bicyclic) bond motifs is 4. The van der Waals surface area contributed by atoms with Gasteiger partial charge in [0, 0.05) is 42.8 Å². The predicted octanol–water partition coefficient (Wildman–Crippen LogP) is 1.11. The van der Waals surface area contributed by atoms with Gasteiger partial charge >= 0.3 is 0 Å². The van der Waals surface area contributed by atoms with Gasteiger partial charge in [0.2, 0.25) is 0 Å². The lowest BCUT2D eigenvalue weighted by Crippen LogP contribution is -3.13. The minimum Gasteiger partial charge on any atom is -0.493 e. The third-order valence-electron chi connectivity index (χ3n) is 6.82. The smallest absolute Gasteiger partial charge is 0.294 e. The van der Waals surface area contributed by atoms with Crippen molar-refractivity contribution in [2.45, 2.75) is 32.4 Å². The molecule has 36 heavy (non-hydrogen) atoms. The highest BCUT2D eigenvalue weighted by Crippen LogP contribution is 2.30. The van der Waals surface area contributed by atoms with E-state index >= 15 is 0 Å². The number of pyridine rings is 1. The molecule has 0 saturated carbocycles. The number of hydrogen-bond acceptors (Lipinski definition) is 8. The molecule has 5 rings (SSSR count). The van der Waals surface area contributed by atoms with Crippen molar-refractivity contribution in [2.24, 2.45) is 11.0 Å². The number of nitrogens with one attached hydrogen (secondary N) is 3. The van der Waals surface area contributed by atoms with E-state index in [4.69, 9.17) is 4.74 Å². The van der Waals surface area contributed by atoms with Gasteiger partial charge in [0.05, 0.1) is 37.6 Å². The van der Waals surface area contributed by atoms with Gasteiger partial charge in [-0.3, -0.25) is 9.59 Å². The Bertz CT molecular complexity index is 1340. The second-order valence-corrected chi connectivity index (χ2v) is 9.77. The van der Waals surface area contributed by atoms with Crippen molar-refractivity contribution in [1.29, 1.82) is 0 Å². The van der Waals surface area contributed by atoms with Crippen LogP contribution in [0.3, 0.4) is 0 Å². The van der Waals surface area contributed by atoms with Crippen LogP contribution in [0.2, 0.25) is 0 Å².